The summed E-state index contributed by atoms with van der Waals surface area (Å²) >= 11 is 5.24. The van der Waals surface area contributed by atoms with Gasteiger partial charge in [-0.2, -0.15) is 0 Å². The van der Waals surface area contributed by atoms with Gasteiger partial charge in [0, 0.05) is 17.6 Å². The molecule has 78 valence electrons. The van der Waals surface area contributed by atoms with E-state index in [2.05, 4.69) is 37.0 Å². The topological polar surface area (TPSA) is 20.7 Å². The molecule has 3 heteroatoms. The smallest absolute Gasteiger partial charge is 0.182 e. The third-order valence-corrected chi connectivity index (χ3v) is 3.01. The van der Waals surface area contributed by atoms with E-state index in [1.165, 1.54) is 11.1 Å². The van der Waals surface area contributed by atoms with Crippen molar-refractivity contribution in [2.45, 2.75) is 20.8 Å². The molecule has 0 fully saturated rings. The number of hydrogen-bond donors (Lipinski definition) is 1. The van der Waals surface area contributed by atoms with Crippen molar-refractivity contribution in [1.82, 2.24) is 9.55 Å². The first-order valence-electron chi connectivity index (χ1n) is 4.94. The fourth-order valence-corrected chi connectivity index (χ4v) is 1.95. The SMILES string of the molecule is Cc1ccc(-n2c(C)c[nH]c2=S)cc1C. The molecule has 0 saturated carbocycles. The first-order chi connectivity index (χ1) is 7.09. The largest absolute Gasteiger partial charge is 0.337 e. The number of benzene rings is 1. The summed E-state index contributed by atoms with van der Waals surface area (Å²) in [6.45, 7) is 6.27. The van der Waals surface area contributed by atoms with Crippen LogP contribution in [-0.2, 0) is 0 Å². The predicted molar refractivity (Wildman–Crippen MR) is 65.2 cm³/mol. The molecule has 1 N–H and O–H groups in total. The standard InChI is InChI=1S/C12H14N2S/c1-8-4-5-11(6-9(8)2)14-10(3)7-13-12(14)15/h4-7H,1-3H3,(H,13,15). The van der Waals surface area contributed by atoms with Crippen LogP contribution in [0.5, 0.6) is 0 Å². The Balaban J connectivity index is 2.65. The number of nitrogens with one attached hydrogen (secondary N) is 1. The summed E-state index contributed by atoms with van der Waals surface area (Å²) in [5, 5.41) is 0. The molecular weight excluding hydrogens is 204 g/mol. The van der Waals surface area contributed by atoms with Crippen LogP contribution in [0.1, 0.15) is 16.8 Å². The Labute approximate surface area is 94.6 Å². The summed E-state index contributed by atoms with van der Waals surface area (Å²) in [7, 11) is 0. The molecule has 0 saturated heterocycles. The quantitative estimate of drug-likeness (QED) is 0.727. The number of aromatic amines is 1. The second-order valence-corrected chi connectivity index (χ2v) is 4.23. The lowest BCUT2D eigenvalue weighted by molar-refractivity contribution is 0.981. The number of imidazole rings is 1. The van der Waals surface area contributed by atoms with Crippen molar-refractivity contribution < 1.29 is 0 Å². The van der Waals surface area contributed by atoms with Crippen molar-refractivity contribution in [2.24, 2.45) is 0 Å². The van der Waals surface area contributed by atoms with Crippen molar-refractivity contribution in [3.8, 4) is 5.69 Å². The molecule has 1 aromatic heterocycles. The molecule has 15 heavy (non-hydrogen) atoms. The summed E-state index contributed by atoms with van der Waals surface area (Å²) in [6, 6.07) is 6.38. The number of aryl methyl sites for hydroxylation is 3. The van der Waals surface area contributed by atoms with E-state index in [0.29, 0.717) is 0 Å². The minimum Gasteiger partial charge on any atom is -0.337 e. The van der Waals surface area contributed by atoms with Gasteiger partial charge in [-0.25, -0.2) is 0 Å². The van der Waals surface area contributed by atoms with E-state index < -0.39 is 0 Å². The molecule has 0 bridgehead atoms. The van der Waals surface area contributed by atoms with Gasteiger partial charge >= 0.3 is 0 Å². The summed E-state index contributed by atoms with van der Waals surface area (Å²) < 4.78 is 2.79. The summed E-state index contributed by atoms with van der Waals surface area (Å²) in [4.78, 5) is 3.05. The Kier molecular flexibility index (Phi) is 2.49. The van der Waals surface area contributed by atoms with Crippen LogP contribution in [0.2, 0.25) is 0 Å². The molecule has 2 rings (SSSR count). The minimum atomic E-state index is 0.746. The molecule has 2 aromatic rings. The van der Waals surface area contributed by atoms with E-state index in [-0.39, 0.29) is 0 Å². The predicted octanol–water partition coefficient (Wildman–Crippen LogP) is 3.46. The number of aromatic nitrogens is 2. The normalized spacial score (nSPS) is 10.6. The van der Waals surface area contributed by atoms with E-state index >= 15 is 0 Å². The third-order valence-electron chi connectivity index (χ3n) is 2.71. The Bertz CT molecular complexity index is 549. The first-order valence-corrected chi connectivity index (χ1v) is 5.35. The first kappa shape index (κ1) is 10.2. The number of H-pyrrole nitrogens is 1. The van der Waals surface area contributed by atoms with Gasteiger partial charge < -0.3 is 4.98 Å². The van der Waals surface area contributed by atoms with Crippen LogP contribution in [0.25, 0.3) is 5.69 Å². The molecule has 0 atom stereocenters. The maximum absolute atomic E-state index is 5.24. The Hall–Kier alpha value is -1.35. The molecule has 0 spiro atoms. The van der Waals surface area contributed by atoms with Gasteiger partial charge in [0.25, 0.3) is 0 Å². The van der Waals surface area contributed by atoms with E-state index in [9.17, 15) is 0 Å². The van der Waals surface area contributed by atoms with Gasteiger partial charge in [0.1, 0.15) is 0 Å². The highest BCUT2D eigenvalue weighted by Gasteiger charge is 2.03. The zero-order valence-electron chi connectivity index (χ0n) is 9.16. The lowest BCUT2D eigenvalue weighted by atomic mass is 10.1. The van der Waals surface area contributed by atoms with Crippen molar-refractivity contribution in [3.63, 3.8) is 0 Å². The number of rotatable bonds is 1. The molecule has 2 nitrogen and oxygen atoms in total. The van der Waals surface area contributed by atoms with Crippen molar-refractivity contribution >= 4 is 12.2 Å². The molecule has 0 unspecified atom stereocenters. The molecular formula is C12H14N2S. The van der Waals surface area contributed by atoms with Gasteiger partial charge in [0.2, 0.25) is 0 Å². The zero-order chi connectivity index (χ0) is 11.0. The molecule has 0 aliphatic rings. The zero-order valence-corrected chi connectivity index (χ0v) is 9.98. The maximum atomic E-state index is 5.24. The van der Waals surface area contributed by atoms with Gasteiger partial charge in [-0.1, -0.05) is 6.07 Å². The Morgan fingerprint density at radius 2 is 1.87 bits per heavy atom. The van der Waals surface area contributed by atoms with Crippen LogP contribution in [-0.4, -0.2) is 9.55 Å². The van der Waals surface area contributed by atoms with Gasteiger partial charge in [-0.15, -0.1) is 0 Å². The van der Waals surface area contributed by atoms with Gasteiger partial charge in [-0.3, -0.25) is 4.57 Å². The van der Waals surface area contributed by atoms with E-state index in [0.717, 1.165) is 16.2 Å². The number of hydrogen-bond acceptors (Lipinski definition) is 1. The van der Waals surface area contributed by atoms with Crippen LogP contribution in [0.3, 0.4) is 0 Å². The van der Waals surface area contributed by atoms with E-state index in [1.54, 1.807) is 0 Å². The molecule has 1 aromatic carbocycles. The minimum absolute atomic E-state index is 0.746. The molecule has 0 radical (unpaired) electrons. The second kappa shape index (κ2) is 3.66. The van der Waals surface area contributed by atoms with Gasteiger partial charge in [-0.05, 0) is 56.2 Å². The van der Waals surface area contributed by atoms with Crippen molar-refractivity contribution in [2.75, 3.05) is 0 Å². The highest BCUT2D eigenvalue weighted by atomic mass is 32.1. The molecule has 0 aliphatic heterocycles. The highest BCUT2D eigenvalue weighted by molar-refractivity contribution is 7.71. The molecule has 0 amide bonds. The van der Waals surface area contributed by atoms with Crippen LogP contribution in [0.4, 0.5) is 0 Å². The van der Waals surface area contributed by atoms with E-state index in [1.807, 2.05) is 17.7 Å². The summed E-state index contributed by atoms with van der Waals surface area (Å²) in [5.41, 5.74) is 4.85. The summed E-state index contributed by atoms with van der Waals surface area (Å²) in [5.74, 6) is 0. The van der Waals surface area contributed by atoms with Gasteiger partial charge in [0.15, 0.2) is 4.77 Å². The average molecular weight is 218 g/mol. The lowest BCUT2D eigenvalue weighted by Crippen LogP contribution is -1.97. The van der Waals surface area contributed by atoms with Crippen LogP contribution in [0.15, 0.2) is 24.4 Å². The van der Waals surface area contributed by atoms with Gasteiger partial charge in [0.05, 0.1) is 0 Å². The fourth-order valence-electron chi connectivity index (χ4n) is 1.64. The third kappa shape index (κ3) is 1.75. The van der Waals surface area contributed by atoms with Crippen molar-refractivity contribution in [3.05, 3.63) is 46.0 Å². The maximum Gasteiger partial charge on any atom is 0.182 e. The lowest BCUT2D eigenvalue weighted by Gasteiger charge is -2.07. The Morgan fingerprint density at radius 1 is 1.13 bits per heavy atom. The molecule has 0 aliphatic carbocycles. The molecule has 1 heterocycles. The van der Waals surface area contributed by atoms with Crippen LogP contribution >= 0.6 is 12.2 Å². The van der Waals surface area contributed by atoms with Crippen LogP contribution < -0.4 is 0 Å². The van der Waals surface area contributed by atoms with E-state index in [4.69, 9.17) is 12.2 Å². The number of nitrogens with zero attached hydrogens (tertiary/aromatic N) is 1. The average Bonchev–Trinajstić information content (AvgIpc) is 2.52. The fraction of sp³-hybridized carbons (Fsp3) is 0.250. The Morgan fingerprint density at radius 3 is 2.40 bits per heavy atom. The van der Waals surface area contributed by atoms with Crippen molar-refractivity contribution in [1.29, 1.82) is 0 Å². The summed E-state index contributed by atoms with van der Waals surface area (Å²) in [6.07, 6.45) is 1.93. The second-order valence-electron chi connectivity index (χ2n) is 3.84. The highest BCUT2D eigenvalue weighted by Crippen LogP contribution is 2.16. The monoisotopic (exact) mass is 218 g/mol. The van der Waals surface area contributed by atoms with Crippen LogP contribution in [0, 0.1) is 25.5 Å².